The first-order valence-corrected chi connectivity index (χ1v) is 6.65. The van der Waals surface area contributed by atoms with E-state index in [2.05, 4.69) is 31.1 Å². The zero-order valence-corrected chi connectivity index (χ0v) is 12.2. The highest BCUT2D eigenvalue weighted by Crippen LogP contribution is 2.14. The quantitative estimate of drug-likeness (QED) is 0.707. The SMILES string of the molecule is Cc1oc(CNCCCN(C)C(C)C)cc1C(=O)O. The maximum atomic E-state index is 10.9. The monoisotopic (exact) mass is 268 g/mol. The summed E-state index contributed by atoms with van der Waals surface area (Å²) in [5.41, 5.74) is 0.247. The summed E-state index contributed by atoms with van der Waals surface area (Å²) >= 11 is 0. The van der Waals surface area contributed by atoms with Crippen LogP contribution in [0.25, 0.3) is 0 Å². The van der Waals surface area contributed by atoms with E-state index in [1.54, 1.807) is 13.0 Å². The van der Waals surface area contributed by atoms with Crippen LogP contribution in [0, 0.1) is 6.92 Å². The molecule has 0 aliphatic carbocycles. The molecule has 0 saturated carbocycles. The van der Waals surface area contributed by atoms with Gasteiger partial charge in [0.1, 0.15) is 17.1 Å². The number of hydrogen-bond donors (Lipinski definition) is 2. The minimum absolute atomic E-state index is 0.247. The highest BCUT2D eigenvalue weighted by Gasteiger charge is 2.13. The fourth-order valence-electron chi connectivity index (χ4n) is 1.77. The lowest BCUT2D eigenvalue weighted by Crippen LogP contribution is -2.29. The summed E-state index contributed by atoms with van der Waals surface area (Å²) in [6.45, 7) is 8.52. The number of aromatic carboxylic acids is 1. The van der Waals surface area contributed by atoms with Crippen LogP contribution in [-0.2, 0) is 6.54 Å². The van der Waals surface area contributed by atoms with E-state index < -0.39 is 5.97 Å². The van der Waals surface area contributed by atoms with E-state index in [4.69, 9.17) is 9.52 Å². The van der Waals surface area contributed by atoms with Crippen molar-refractivity contribution in [3.8, 4) is 0 Å². The van der Waals surface area contributed by atoms with Crippen molar-refractivity contribution < 1.29 is 14.3 Å². The molecule has 0 radical (unpaired) electrons. The van der Waals surface area contributed by atoms with Gasteiger partial charge in [-0.1, -0.05) is 0 Å². The van der Waals surface area contributed by atoms with Crippen molar-refractivity contribution >= 4 is 5.97 Å². The average Bonchev–Trinajstić information content (AvgIpc) is 2.69. The second kappa shape index (κ2) is 7.31. The van der Waals surface area contributed by atoms with Gasteiger partial charge in [0.15, 0.2) is 0 Å². The minimum atomic E-state index is -0.939. The van der Waals surface area contributed by atoms with Gasteiger partial charge in [0.25, 0.3) is 0 Å². The molecule has 0 atom stereocenters. The predicted molar refractivity (Wildman–Crippen MR) is 74.5 cm³/mol. The van der Waals surface area contributed by atoms with E-state index in [9.17, 15) is 4.79 Å². The van der Waals surface area contributed by atoms with Crippen LogP contribution in [0.3, 0.4) is 0 Å². The van der Waals surface area contributed by atoms with Crippen molar-refractivity contribution in [2.75, 3.05) is 20.1 Å². The molecule has 1 heterocycles. The summed E-state index contributed by atoms with van der Waals surface area (Å²) in [6, 6.07) is 2.15. The number of nitrogens with one attached hydrogen (secondary N) is 1. The molecule has 5 nitrogen and oxygen atoms in total. The minimum Gasteiger partial charge on any atom is -0.478 e. The highest BCUT2D eigenvalue weighted by atomic mass is 16.4. The Kier molecular flexibility index (Phi) is 6.05. The predicted octanol–water partition coefficient (Wildman–Crippen LogP) is 2.11. The van der Waals surface area contributed by atoms with Crippen molar-refractivity contribution in [2.24, 2.45) is 0 Å². The summed E-state index contributed by atoms with van der Waals surface area (Å²) in [4.78, 5) is 13.2. The van der Waals surface area contributed by atoms with Crippen LogP contribution in [0.2, 0.25) is 0 Å². The van der Waals surface area contributed by atoms with Crippen molar-refractivity contribution in [2.45, 2.75) is 39.8 Å². The molecule has 108 valence electrons. The molecule has 2 N–H and O–H groups in total. The summed E-state index contributed by atoms with van der Waals surface area (Å²) in [5.74, 6) is 0.196. The van der Waals surface area contributed by atoms with E-state index >= 15 is 0 Å². The Balaban J connectivity index is 2.26. The fraction of sp³-hybridized carbons (Fsp3) is 0.643. The summed E-state index contributed by atoms with van der Waals surface area (Å²) < 4.78 is 5.39. The van der Waals surface area contributed by atoms with Crippen LogP contribution in [0.15, 0.2) is 10.5 Å². The van der Waals surface area contributed by atoms with Crippen LogP contribution in [0.4, 0.5) is 0 Å². The Morgan fingerprint density at radius 2 is 2.21 bits per heavy atom. The lowest BCUT2D eigenvalue weighted by Gasteiger charge is -2.20. The zero-order chi connectivity index (χ0) is 14.4. The Labute approximate surface area is 114 Å². The topological polar surface area (TPSA) is 65.7 Å². The molecule has 0 bridgehead atoms. The highest BCUT2D eigenvalue weighted by molar-refractivity contribution is 5.88. The van der Waals surface area contributed by atoms with Crippen molar-refractivity contribution in [1.29, 1.82) is 0 Å². The number of carboxylic acids is 1. The second-order valence-corrected chi connectivity index (χ2v) is 5.09. The van der Waals surface area contributed by atoms with E-state index in [0.717, 1.165) is 19.5 Å². The molecule has 5 heteroatoms. The van der Waals surface area contributed by atoms with Crippen molar-refractivity contribution in [1.82, 2.24) is 10.2 Å². The number of nitrogens with zero attached hydrogens (tertiary/aromatic N) is 1. The van der Waals surface area contributed by atoms with Gasteiger partial charge in [-0.25, -0.2) is 4.79 Å². The first-order chi connectivity index (χ1) is 8.91. The van der Waals surface area contributed by atoms with E-state index in [-0.39, 0.29) is 5.56 Å². The first-order valence-electron chi connectivity index (χ1n) is 6.65. The maximum Gasteiger partial charge on any atom is 0.339 e. The van der Waals surface area contributed by atoms with Gasteiger partial charge in [0.05, 0.1) is 6.54 Å². The molecule has 19 heavy (non-hydrogen) atoms. The molecule has 0 aliphatic rings. The summed E-state index contributed by atoms with van der Waals surface area (Å²) in [7, 11) is 2.11. The first kappa shape index (κ1) is 15.7. The smallest absolute Gasteiger partial charge is 0.339 e. The Morgan fingerprint density at radius 3 is 2.74 bits per heavy atom. The molecule has 0 amide bonds. The van der Waals surface area contributed by atoms with Gasteiger partial charge in [-0.05, 0) is 53.4 Å². The summed E-state index contributed by atoms with van der Waals surface area (Å²) in [6.07, 6.45) is 1.06. The largest absolute Gasteiger partial charge is 0.478 e. The Hall–Kier alpha value is -1.33. The molecule has 0 spiro atoms. The third kappa shape index (κ3) is 5.04. The number of aryl methyl sites for hydroxylation is 1. The molecule has 0 saturated heterocycles. The van der Waals surface area contributed by atoms with Crippen LogP contribution >= 0.6 is 0 Å². The number of carbonyl (C=O) groups is 1. The third-order valence-electron chi connectivity index (χ3n) is 3.24. The second-order valence-electron chi connectivity index (χ2n) is 5.09. The molecule has 0 unspecified atom stereocenters. The lowest BCUT2D eigenvalue weighted by atomic mass is 10.2. The van der Waals surface area contributed by atoms with Gasteiger partial charge < -0.3 is 19.7 Å². The van der Waals surface area contributed by atoms with Crippen LogP contribution in [-0.4, -0.2) is 42.2 Å². The summed E-state index contributed by atoms with van der Waals surface area (Å²) in [5, 5.41) is 12.2. The molecule has 1 aromatic rings. The van der Waals surface area contributed by atoms with Gasteiger partial charge >= 0.3 is 5.97 Å². The molecule has 1 rings (SSSR count). The number of carboxylic acid groups (broad SMARTS) is 1. The van der Waals surface area contributed by atoms with E-state index in [1.807, 2.05) is 0 Å². The number of rotatable bonds is 8. The third-order valence-corrected chi connectivity index (χ3v) is 3.24. The van der Waals surface area contributed by atoms with Gasteiger partial charge in [-0.15, -0.1) is 0 Å². The molecule has 0 aliphatic heterocycles. The van der Waals surface area contributed by atoms with Gasteiger partial charge in [-0.2, -0.15) is 0 Å². The van der Waals surface area contributed by atoms with Gasteiger partial charge in [-0.3, -0.25) is 0 Å². The standard InChI is InChI=1S/C14H24N2O3/c1-10(2)16(4)7-5-6-15-9-12-8-13(14(17)18)11(3)19-12/h8,10,15H,5-7,9H2,1-4H3,(H,17,18). The normalized spacial score (nSPS) is 11.5. The van der Waals surface area contributed by atoms with Crippen molar-refractivity contribution in [3.63, 3.8) is 0 Å². The lowest BCUT2D eigenvalue weighted by molar-refractivity contribution is 0.0695. The Morgan fingerprint density at radius 1 is 1.53 bits per heavy atom. The van der Waals surface area contributed by atoms with Crippen molar-refractivity contribution in [3.05, 3.63) is 23.2 Å². The molecule has 0 aromatic carbocycles. The van der Waals surface area contributed by atoms with Gasteiger partial charge in [0, 0.05) is 6.04 Å². The van der Waals surface area contributed by atoms with Crippen LogP contribution in [0.5, 0.6) is 0 Å². The maximum absolute atomic E-state index is 10.9. The number of furan rings is 1. The molecule has 0 fully saturated rings. The van der Waals surface area contributed by atoms with Crippen LogP contribution in [0.1, 0.15) is 42.1 Å². The van der Waals surface area contributed by atoms with Crippen LogP contribution < -0.4 is 5.32 Å². The van der Waals surface area contributed by atoms with Gasteiger partial charge in [0.2, 0.25) is 0 Å². The Bertz CT molecular complexity index is 413. The van der Waals surface area contributed by atoms with E-state index in [0.29, 0.717) is 24.1 Å². The number of hydrogen-bond acceptors (Lipinski definition) is 4. The van der Waals surface area contributed by atoms with E-state index in [1.165, 1.54) is 0 Å². The zero-order valence-electron chi connectivity index (χ0n) is 12.2. The molecule has 1 aromatic heterocycles. The fourth-order valence-corrected chi connectivity index (χ4v) is 1.77. The molecular formula is C14H24N2O3. The average molecular weight is 268 g/mol. The molecular weight excluding hydrogens is 244 g/mol.